The third-order valence-corrected chi connectivity index (χ3v) is 4.89. The molecule has 0 aromatic carbocycles. The minimum atomic E-state index is 0.250. The number of carbonyl (C=O) groups is 1. The third-order valence-electron chi connectivity index (χ3n) is 4.36. The van der Waals surface area contributed by atoms with Crippen LogP contribution >= 0.6 is 11.8 Å². The van der Waals surface area contributed by atoms with Crippen molar-refractivity contribution in [3.63, 3.8) is 0 Å². The Morgan fingerprint density at radius 2 is 2.18 bits per heavy atom. The number of rotatable bonds is 4. The molecule has 2 aliphatic rings. The average molecular weight is 324 g/mol. The molecule has 0 aliphatic carbocycles. The van der Waals surface area contributed by atoms with Crippen LogP contribution in [-0.2, 0) is 16.1 Å². The van der Waals surface area contributed by atoms with E-state index in [0.29, 0.717) is 18.3 Å². The van der Waals surface area contributed by atoms with E-state index < -0.39 is 0 Å². The Morgan fingerprint density at radius 1 is 1.32 bits per heavy atom. The Hall–Kier alpha value is -0.980. The standard InChI is InChI=1S/C16H24N2O3S/c1-12-3-4-15(21-12)8-17-5-13-6-18(16(19)11-22-2)7-14(17)10-20-9-13/h3-4,13-14H,5-11H2,1-2H3/t13-,14+/m1/s1. The second-order valence-electron chi connectivity index (χ2n) is 6.23. The molecule has 2 fully saturated rings. The van der Waals surface area contributed by atoms with Crippen LogP contribution in [0, 0.1) is 12.8 Å². The van der Waals surface area contributed by atoms with E-state index in [1.54, 1.807) is 11.8 Å². The highest BCUT2D eigenvalue weighted by Crippen LogP contribution is 2.22. The summed E-state index contributed by atoms with van der Waals surface area (Å²) in [7, 11) is 0. The number of fused-ring (bicyclic) bond motifs is 3. The van der Waals surface area contributed by atoms with E-state index in [-0.39, 0.29) is 11.9 Å². The molecule has 0 radical (unpaired) electrons. The maximum atomic E-state index is 12.3. The Morgan fingerprint density at radius 3 is 2.91 bits per heavy atom. The Kier molecular flexibility index (Phi) is 5.10. The van der Waals surface area contributed by atoms with E-state index in [9.17, 15) is 4.79 Å². The molecular weight excluding hydrogens is 300 g/mol. The average Bonchev–Trinajstić information content (AvgIpc) is 2.68. The number of carbonyl (C=O) groups excluding carboxylic acids is 1. The topological polar surface area (TPSA) is 45.9 Å². The monoisotopic (exact) mass is 324 g/mol. The van der Waals surface area contributed by atoms with Gasteiger partial charge in [-0.15, -0.1) is 0 Å². The number of hydrogen-bond donors (Lipinski definition) is 0. The Labute approximate surface area is 136 Å². The zero-order valence-corrected chi connectivity index (χ0v) is 14.1. The van der Waals surface area contributed by atoms with E-state index >= 15 is 0 Å². The molecule has 1 aromatic rings. The molecule has 1 aromatic heterocycles. The SMILES string of the molecule is CSCC(=O)N1C[C@@H]2COC[C@H](C1)N(Cc1ccc(C)o1)C2. The van der Waals surface area contributed by atoms with Crippen LogP contribution in [0.1, 0.15) is 11.5 Å². The van der Waals surface area contributed by atoms with Gasteiger partial charge >= 0.3 is 0 Å². The maximum absolute atomic E-state index is 12.3. The number of furan rings is 1. The van der Waals surface area contributed by atoms with E-state index in [4.69, 9.17) is 9.15 Å². The summed E-state index contributed by atoms with van der Waals surface area (Å²) < 4.78 is 11.5. The predicted octanol–water partition coefficient (Wildman–Crippen LogP) is 1.61. The summed E-state index contributed by atoms with van der Waals surface area (Å²) in [6, 6.07) is 4.30. The van der Waals surface area contributed by atoms with Gasteiger partial charge in [-0.1, -0.05) is 0 Å². The summed E-state index contributed by atoms with van der Waals surface area (Å²) in [6.45, 7) is 6.73. The van der Waals surface area contributed by atoms with Gasteiger partial charge in [-0.25, -0.2) is 0 Å². The lowest BCUT2D eigenvalue weighted by Crippen LogP contribution is -2.46. The molecule has 6 heteroatoms. The first-order valence-corrected chi connectivity index (χ1v) is 9.19. The summed E-state index contributed by atoms with van der Waals surface area (Å²) in [5.41, 5.74) is 0. The highest BCUT2D eigenvalue weighted by Gasteiger charge is 2.35. The van der Waals surface area contributed by atoms with Crippen LogP contribution < -0.4 is 0 Å². The molecule has 2 atom stereocenters. The summed E-state index contributed by atoms with van der Waals surface area (Å²) in [5.74, 6) is 3.14. The first-order valence-electron chi connectivity index (χ1n) is 7.79. The van der Waals surface area contributed by atoms with Gasteiger partial charge in [-0.3, -0.25) is 9.69 Å². The fourth-order valence-electron chi connectivity index (χ4n) is 3.31. The van der Waals surface area contributed by atoms with Crippen LogP contribution in [0.25, 0.3) is 0 Å². The third kappa shape index (κ3) is 3.67. The van der Waals surface area contributed by atoms with Gasteiger partial charge in [0.1, 0.15) is 11.5 Å². The number of aryl methyl sites for hydroxylation is 1. The van der Waals surface area contributed by atoms with Gasteiger partial charge in [-0.2, -0.15) is 11.8 Å². The lowest BCUT2D eigenvalue weighted by Gasteiger charge is -2.30. The fourth-order valence-corrected chi connectivity index (χ4v) is 3.74. The number of hydrogen-bond acceptors (Lipinski definition) is 5. The molecule has 2 bridgehead atoms. The zero-order chi connectivity index (χ0) is 15.5. The van der Waals surface area contributed by atoms with Gasteiger partial charge in [0.25, 0.3) is 0 Å². The number of ether oxygens (including phenoxy) is 1. The van der Waals surface area contributed by atoms with Crippen molar-refractivity contribution in [2.45, 2.75) is 19.5 Å². The van der Waals surface area contributed by atoms with Gasteiger partial charge in [0.15, 0.2) is 0 Å². The summed E-state index contributed by atoms with van der Waals surface area (Å²) in [4.78, 5) is 16.7. The fraction of sp³-hybridized carbons (Fsp3) is 0.688. The Bertz CT molecular complexity index is 519. The van der Waals surface area contributed by atoms with Crippen molar-refractivity contribution >= 4 is 17.7 Å². The van der Waals surface area contributed by atoms with Crippen molar-refractivity contribution in [3.05, 3.63) is 23.7 Å². The largest absolute Gasteiger partial charge is 0.465 e. The molecule has 1 amide bonds. The smallest absolute Gasteiger partial charge is 0.232 e. The van der Waals surface area contributed by atoms with Gasteiger partial charge < -0.3 is 14.1 Å². The number of amides is 1. The molecule has 5 nitrogen and oxygen atoms in total. The molecule has 22 heavy (non-hydrogen) atoms. The minimum Gasteiger partial charge on any atom is -0.465 e. The highest BCUT2D eigenvalue weighted by atomic mass is 32.2. The first kappa shape index (κ1) is 15.9. The van der Waals surface area contributed by atoms with Crippen molar-refractivity contribution in [2.75, 3.05) is 44.9 Å². The number of thioether (sulfide) groups is 1. The molecule has 3 rings (SSSR count). The van der Waals surface area contributed by atoms with E-state index in [2.05, 4.69) is 4.90 Å². The van der Waals surface area contributed by atoms with Crippen molar-refractivity contribution < 1.29 is 13.9 Å². The maximum Gasteiger partial charge on any atom is 0.232 e. The molecule has 0 N–H and O–H groups in total. The quantitative estimate of drug-likeness (QED) is 0.842. The number of nitrogens with zero attached hydrogens (tertiary/aromatic N) is 2. The van der Waals surface area contributed by atoms with Crippen molar-refractivity contribution in [1.29, 1.82) is 0 Å². The van der Waals surface area contributed by atoms with Crippen LogP contribution in [0.3, 0.4) is 0 Å². The van der Waals surface area contributed by atoms with Crippen molar-refractivity contribution in [1.82, 2.24) is 9.80 Å². The van der Waals surface area contributed by atoms with Crippen LogP contribution in [0.5, 0.6) is 0 Å². The lowest BCUT2D eigenvalue weighted by atomic mass is 10.1. The van der Waals surface area contributed by atoms with Crippen molar-refractivity contribution in [2.24, 2.45) is 5.92 Å². The minimum absolute atomic E-state index is 0.250. The second kappa shape index (κ2) is 7.06. The summed E-state index contributed by atoms with van der Waals surface area (Å²) in [5, 5.41) is 0. The molecule has 0 spiro atoms. The van der Waals surface area contributed by atoms with Gasteiger partial charge in [0, 0.05) is 25.6 Å². The molecule has 2 saturated heterocycles. The molecule has 0 unspecified atom stereocenters. The molecule has 122 valence electrons. The van der Waals surface area contributed by atoms with Crippen LogP contribution in [0.2, 0.25) is 0 Å². The summed E-state index contributed by atoms with van der Waals surface area (Å²) >= 11 is 1.59. The molecular formula is C16H24N2O3S. The van der Waals surface area contributed by atoms with Gasteiger partial charge in [0.2, 0.25) is 5.91 Å². The first-order chi connectivity index (χ1) is 10.7. The van der Waals surface area contributed by atoms with Crippen LogP contribution in [0.4, 0.5) is 0 Å². The molecule has 2 aliphatic heterocycles. The van der Waals surface area contributed by atoms with Crippen molar-refractivity contribution in [3.8, 4) is 0 Å². The predicted molar refractivity (Wildman–Crippen MR) is 86.9 cm³/mol. The highest BCUT2D eigenvalue weighted by molar-refractivity contribution is 7.99. The van der Waals surface area contributed by atoms with Gasteiger partial charge in [0.05, 0.1) is 31.6 Å². The van der Waals surface area contributed by atoms with E-state index in [0.717, 1.165) is 44.3 Å². The van der Waals surface area contributed by atoms with Crippen LogP contribution in [0.15, 0.2) is 16.5 Å². The van der Waals surface area contributed by atoms with E-state index in [1.165, 1.54) is 0 Å². The van der Waals surface area contributed by atoms with E-state index in [1.807, 2.05) is 30.2 Å². The van der Waals surface area contributed by atoms with Gasteiger partial charge in [-0.05, 0) is 25.3 Å². The Balaban J connectivity index is 1.72. The molecule has 3 heterocycles. The zero-order valence-electron chi connectivity index (χ0n) is 13.3. The lowest BCUT2D eigenvalue weighted by molar-refractivity contribution is -0.130. The summed E-state index contributed by atoms with van der Waals surface area (Å²) in [6.07, 6.45) is 1.98. The van der Waals surface area contributed by atoms with Crippen LogP contribution in [-0.4, -0.2) is 66.6 Å². The molecule has 0 saturated carbocycles. The second-order valence-corrected chi connectivity index (χ2v) is 7.10. The normalized spacial score (nSPS) is 26.0.